The van der Waals surface area contributed by atoms with Crippen molar-refractivity contribution in [1.82, 2.24) is 0 Å². The zero-order chi connectivity index (χ0) is 8.81. The topological polar surface area (TPSA) is 19.9 Å². The van der Waals surface area contributed by atoms with Crippen LogP contribution in [0.4, 0.5) is 0 Å². The van der Waals surface area contributed by atoms with Crippen molar-refractivity contribution >= 4 is 11.8 Å². The molecule has 1 aromatic rings. The van der Waals surface area contributed by atoms with Gasteiger partial charge in [0.15, 0.2) is 0 Å². The van der Waals surface area contributed by atoms with Crippen molar-refractivity contribution in [3.63, 3.8) is 0 Å². The van der Waals surface area contributed by atoms with E-state index in [1.54, 1.807) is 11.8 Å². The summed E-state index contributed by atoms with van der Waals surface area (Å²) in [6.45, 7) is 0.0320. The van der Waals surface area contributed by atoms with E-state index in [1.807, 2.05) is 0 Å². The highest BCUT2D eigenvalue weighted by Crippen LogP contribution is 2.15. The Bertz CT molecular complexity index is 218. The Morgan fingerprint density at radius 3 is 2.42 bits per heavy atom. The minimum atomic E-state index is 0.0320. The molecule has 1 radical (unpaired) electrons. The van der Waals surface area contributed by atoms with Gasteiger partial charge in [-0.1, -0.05) is 12.1 Å². The Morgan fingerprint density at radius 2 is 1.92 bits per heavy atom. The smallest absolute Gasteiger partial charge is 0.0825 e. The molecule has 0 aromatic heterocycles. The summed E-state index contributed by atoms with van der Waals surface area (Å²) in [5.41, 5.74) is 1.27. The van der Waals surface area contributed by atoms with Crippen LogP contribution in [0.1, 0.15) is 12.0 Å². The Morgan fingerprint density at radius 1 is 1.25 bits per heavy atom. The van der Waals surface area contributed by atoms with Crippen LogP contribution in [0.25, 0.3) is 0 Å². The molecule has 1 nitrogen and oxygen atoms in total. The Labute approximate surface area is 77.8 Å². The van der Waals surface area contributed by atoms with E-state index in [4.69, 9.17) is 0 Å². The van der Waals surface area contributed by atoms with Crippen molar-refractivity contribution in [3.8, 4) is 0 Å². The molecule has 0 aliphatic rings. The van der Waals surface area contributed by atoms with Crippen LogP contribution < -0.4 is 0 Å². The van der Waals surface area contributed by atoms with Crippen molar-refractivity contribution in [2.24, 2.45) is 0 Å². The molecule has 0 bridgehead atoms. The second-order valence-electron chi connectivity index (χ2n) is 2.66. The first-order valence-corrected chi connectivity index (χ1v) is 5.30. The second-order valence-corrected chi connectivity index (χ2v) is 3.54. The van der Waals surface area contributed by atoms with E-state index in [0.29, 0.717) is 0 Å². The molecule has 0 aliphatic carbocycles. The van der Waals surface area contributed by atoms with Gasteiger partial charge in [-0.15, -0.1) is 11.8 Å². The molecule has 0 aliphatic heterocycles. The summed E-state index contributed by atoms with van der Waals surface area (Å²) in [6, 6.07) is 8.40. The lowest BCUT2D eigenvalue weighted by Crippen LogP contribution is -1.87. The summed E-state index contributed by atoms with van der Waals surface area (Å²) in [5, 5.41) is 10.2. The fourth-order valence-electron chi connectivity index (χ4n) is 1.07. The Hall–Kier alpha value is -0.470. The van der Waals surface area contributed by atoms with E-state index in [9.17, 15) is 5.11 Å². The van der Waals surface area contributed by atoms with E-state index in [2.05, 4.69) is 30.5 Å². The number of hydrogen-bond acceptors (Lipinski definition) is 1. The third-order valence-electron chi connectivity index (χ3n) is 1.77. The molecule has 1 rings (SSSR count). The second kappa shape index (κ2) is 5.22. The molecular formula is C10H13OS. The van der Waals surface area contributed by atoms with Gasteiger partial charge in [0.25, 0.3) is 0 Å². The molecule has 1 aromatic carbocycles. The zero-order valence-electron chi connectivity index (χ0n) is 7.25. The van der Waals surface area contributed by atoms with E-state index in [1.165, 1.54) is 10.5 Å². The Kier molecular flexibility index (Phi) is 4.19. The number of benzene rings is 1. The van der Waals surface area contributed by atoms with Crippen molar-refractivity contribution < 1.29 is 5.11 Å². The SMILES string of the molecule is CSc1ccc(CCC[O])cc1. The fourth-order valence-corrected chi connectivity index (χ4v) is 1.48. The third kappa shape index (κ3) is 2.88. The average Bonchev–Trinajstić information content (AvgIpc) is 2.15. The highest BCUT2D eigenvalue weighted by Gasteiger charge is 1.93. The highest BCUT2D eigenvalue weighted by molar-refractivity contribution is 7.98. The van der Waals surface area contributed by atoms with Crippen LogP contribution in [0.5, 0.6) is 0 Å². The van der Waals surface area contributed by atoms with E-state index in [0.717, 1.165) is 12.8 Å². The first kappa shape index (κ1) is 9.62. The molecular weight excluding hydrogens is 168 g/mol. The summed E-state index contributed by atoms with van der Waals surface area (Å²) in [4.78, 5) is 1.28. The van der Waals surface area contributed by atoms with Crippen LogP contribution in [0.2, 0.25) is 0 Å². The lowest BCUT2D eigenvalue weighted by atomic mass is 10.1. The number of thioether (sulfide) groups is 1. The molecule has 0 amide bonds. The standard InChI is InChI=1S/C10H13OS/c1-12-10-6-4-9(5-7-10)3-2-8-11/h4-7H,2-3,8H2,1H3. The summed E-state index contributed by atoms with van der Waals surface area (Å²) >= 11 is 1.74. The number of rotatable bonds is 4. The maximum Gasteiger partial charge on any atom is 0.0825 e. The molecule has 0 saturated heterocycles. The zero-order valence-corrected chi connectivity index (χ0v) is 8.06. The summed E-state index contributed by atoms with van der Waals surface area (Å²) in [7, 11) is 0. The molecule has 0 spiro atoms. The van der Waals surface area contributed by atoms with Gasteiger partial charge in [-0.05, 0) is 36.8 Å². The first-order chi connectivity index (χ1) is 5.86. The van der Waals surface area contributed by atoms with Gasteiger partial charge >= 0.3 is 0 Å². The van der Waals surface area contributed by atoms with Crippen LogP contribution in [-0.4, -0.2) is 12.9 Å². The third-order valence-corrected chi connectivity index (χ3v) is 2.51. The molecule has 0 atom stereocenters. The van der Waals surface area contributed by atoms with Crippen LogP contribution >= 0.6 is 11.8 Å². The van der Waals surface area contributed by atoms with Crippen LogP contribution in [0.15, 0.2) is 29.2 Å². The molecule has 0 fully saturated rings. The van der Waals surface area contributed by atoms with Gasteiger partial charge in [0, 0.05) is 4.90 Å². The molecule has 0 N–H and O–H groups in total. The molecule has 0 unspecified atom stereocenters. The minimum Gasteiger partial charge on any atom is -0.237 e. The van der Waals surface area contributed by atoms with Crippen molar-refractivity contribution in [2.75, 3.05) is 12.9 Å². The molecule has 2 heteroatoms. The lowest BCUT2D eigenvalue weighted by molar-refractivity contribution is 0.189. The van der Waals surface area contributed by atoms with E-state index in [-0.39, 0.29) is 6.61 Å². The lowest BCUT2D eigenvalue weighted by Gasteiger charge is -1.99. The van der Waals surface area contributed by atoms with Crippen LogP contribution in [0.3, 0.4) is 0 Å². The normalized spacial score (nSPS) is 10.2. The number of aryl methyl sites for hydroxylation is 1. The molecule has 0 saturated carbocycles. The van der Waals surface area contributed by atoms with Crippen molar-refractivity contribution in [1.29, 1.82) is 0 Å². The number of hydrogen-bond donors (Lipinski definition) is 0. The minimum absolute atomic E-state index is 0.0320. The van der Waals surface area contributed by atoms with E-state index < -0.39 is 0 Å². The van der Waals surface area contributed by atoms with Gasteiger partial charge in [0.05, 0.1) is 6.61 Å². The van der Waals surface area contributed by atoms with Crippen LogP contribution in [-0.2, 0) is 11.5 Å². The van der Waals surface area contributed by atoms with Gasteiger partial charge in [-0.3, -0.25) is 0 Å². The van der Waals surface area contributed by atoms with Gasteiger partial charge in [-0.25, -0.2) is 5.11 Å². The average molecular weight is 181 g/mol. The van der Waals surface area contributed by atoms with Crippen molar-refractivity contribution in [3.05, 3.63) is 29.8 Å². The highest BCUT2D eigenvalue weighted by atomic mass is 32.2. The van der Waals surface area contributed by atoms with Crippen LogP contribution in [0, 0.1) is 0 Å². The van der Waals surface area contributed by atoms with Gasteiger partial charge in [0.2, 0.25) is 0 Å². The molecule has 65 valence electrons. The maximum absolute atomic E-state index is 10.2. The molecule has 0 heterocycles. The summed E-state index contributed by atoms with van der Waals surface area (Å²) in [5.74, 6) is 0. The van der Waals surface area contributed by atoms with Crippen molar-refractivity contribution in [2.45, 2.75) is 17.7 Å². The first-order valence-electron chi connectivity index (χ1n) is 4.08. The summed E-state index contributed by atoms with van der Waals surface area (Å²) < 4.78 is 0. The Balaban J connectivity index is 2.53. The monoisotopic (exact) mass is 181 g/mol. The van der Waals surface area contributed by atoms with Gasteiger partial charge < -0.3 is 0 Å². The maximum atomic E-state index is 10.2. The van der Waals surface area contributed by atoms with E-state index >= 15 is 0 Å². The van der Waals surface area contributed by atoms with Gasteiger partial charge in [0.1, 0.15) is 0 Å². The largest absolute Gasteiger partial charge is 0.237 e. The van der Waals surface area contributed by atoms with Gasteiger partial charge in [-0.2, -0.15) is 0 Å². The summed E-state index contributed by atoms with van der Waals surface area (Å²) in [6.07, 6.45) is 3.73. The fraction of sp³-hybridized carbons (Fsp3) is 0.400. The predicted octanol–water partition coefficient (Wildman–Crippen LogP) is 2.77. The molecule has 12 heavy (non-hydrogen) atoms. The predicted molar refractivity (Wildman–Crippen MR) is 52.1 cm³/mol. The quantitative estimate of drug-likeness (QED) is 0.654.